The van der Waals surface area contributed by atoms with Crippen LogP contribution in [0.5, 0.6) is 0 Å². The van der Waals surface area contributed by atoms with Crippen LogP contribution in [0.1, 0.15) is 38.5 Å². The van der Waals surface area contributed by atoms with E-state index in [2.05, 4.69) is 11.9 Å². The number of hydrogen-bond donors (Lipinski definition) is 1. The topological polar surface area (TPSA) is 38.5 Å². The van der Waals surface area contributed by atoms with E-state index in [9.17, 15) is 0 Å². The van der Waals surface area contributed by atoms with Crippen molar-refractivity contribution < 1.29 is 4.74 Å². The highest BCUT2D eigenvalue weighted by atomic mass is 16.5. The first-order chi connectivity index (χ1) is 7.24. The highest BCUT2D eigenvalue weighted by Gasteiger charge is 2.39. The van der Waals surface area contributed by atoms with Crippen LogP contribution in [-0.2, 0) is 4.74 Å². The van der Waals surface area contributed by atoms with E-state index in [1.165, 1.54) is 45.2 Å². The molecule has 2 aliphatic rings. The third-order valence-corrected chi connectivity index (χ3v) is 3.95. The second-order valence-corrected chi connectivity index (χ2v) is 5.20. The summed E-state index contributed by atoms with van der Waals surface area (Å²) in [7, 11) is 2.19. The molecule has 1 saturated heterocycles. The lowest BCUT2D eigenvalue weighted by atomic mass is 9.77. The molecule has 1 aliphatic heterocycles. The Labute approximate surface area is 93.0 Å². The summed E-state index contributed by atoms with van der Waals surface area (Å²) >= 11 is 0. The van der Waals surface area contributed by atoms with Gasteiger partial charge >= 0.3 is 0 Å². The van der Waals surface area contributed by atoms with Crippen molar-refractivity contribution in [3.05, 3.63) is 0 Å². The van der Waals surface area contributed by atoms with Crippen LogP contribution in [0.3, 0.4) is 0 Å². The van der Waals surface area contributed by atoms with Crippen LogP contribution in [0.2, 0.25) is 0 Å². The van der Waals surface area contributed by atoms with Gasteiger partial charge in [-0.1, -0.05) is 0 Å². The molecule has 3 nitrogen and oxygen atoms in total. The van der Waals surface area contributed by atoms with Gasteiger partial charge in [0.15, 0.2) is 0 Å². The van der Waals surface area contributed by atoms with Crippen molar-refractivity contribution in [2.75, 3.05) is 26.7 Å². The molecule has 1 saturated carbocycles. The number of ether oxygens (including phenoxy) is 1. The van der Waals surface area contributed by atoms with E-state index in [0.29, 0.717) is 6.10 Å². The first-order valence-corrected chi connectivity index (χ1v) is 6.30. The molecule has 3 heteroatoms. The van der Waals surface area contributed by atoms with Crippen molar-refractivity contribution >= 4 is 0 Å². The molecule has 2 fully saturated rings. The molecule has 0 radical (unpaired) electrons. The first kappa shape index (κ1) is 11.4. The molecule has 0 unspecified atom stereocenters. The molecule has 0 aromatic heterocycles. The summed E-state index contributed by atoms with van der Waals surface area (Å²) in [6.45, 7) is 3.14. The van der Waals surface area contributed by atoms with Crippen LogP contribution in [-0.4, -0.2) is 43.3 Å². The SMILES string of the molecule is CN1CCC(OC2(CCN)CCC2)CC1. The van der Waals surface area contributed by atoms with Crippen LogP contribution in [0.15, 0.2) is 0 Å². The average molecular weight is 212 g/mol. The first-order valence-electron chi connectivity index (χ1n) is 6.30. The van der Waals surface area contributed by atoms with Crippen molar-refractivity contribution in [3.8, 4) is 0 Å². The minimum Gasteiger partial charge on any atom is -0.372 e. The number of piperidine rings is 1. The molecule has 2 rings (SSSR count). The van der Waals surface area contributed by atoms with Gasteiger partial charge in [-0.15, -0.1) is 0 Å². The second kappa shape index (κ2) is 4.81. The number of rotatable bonds is 4. The van der Waals surface area contributed by atoms with E-state index in [1.54, 1.807) is 0 Å². The fraction of sp³-hybridized carbons (Fsp3) is 1.00. The zero-order valence-electron chi connectivity index (χ0n) is 9.87. The minimum atomic E-state index is 0.176. The van der Waals surface area contributed by atoms with Crippen molar-refractivity contribution in [3.63, 3.8) is 0 Å². The number of nitrogens with two attached hydrogens (primary N) is 1. The van der Waals surface area contributed by atoms with E-state index in [0.717, 1.165) is 13.0 Å². The van der Waals surface area contributed by atoms with Crippen molar-refractivity contribution in [1.29, 1.82) is 0 Å². The van der Waals surface area contributed by atoms with Crippen LogP contribution < -0.4 is 5.73 Å². The molecular weight excluding hydrogens is 188 g/mol. The van der Waals surface area contributed by atoms with Gasteiger partial charge in [-0.25, -0.2) is 0 Å². The lowest BCUT2D eigenvalue weighted by Crippen LogP contribution is -2.47. The normalized spacial score (nSPS) is 27.6. The van der Waals surface area contributed by atoms with E-state index in [1.807, 2.05) is 0 Å². The van der Waals surface area contributed by atoms with Gasteiger partial charge in [-0.2, -0.15) is 0 Å². The maximum Gasteiger partial charge on any atom is 0.0698 e. The monoisotopic (exact) mass is 212 g/mol. The maximum absolute atomic E-state index is 6.30. The Kier molecular flexibility index (Phi) is 3.65. The summed E-state index contributed by atoms with van der Waals surface area (Å²) in [6.07, 6.45) is 7.73. The molecule has 0 spiro atoms. The minimum absolute atomic E-state index is 0.176. The fourth-order valence-corrected chi connectivity index (χ4v) is 2.72. The zero-order valence-corrected chi connectivity index (χ0v) is 9.87. The molecule has 0 atom stereocenters. The average Bonchev–Trinajstić information content (AvgIpc) is 2.18. The molecule has 88 valence electrons. The smallest absolute Gasteiger partial charge is 0.0698 e. The quantitative estimate of drug-likeness (QED) is 0.765. The van der Waals surface area contributed by atoms with Gasteiger partial charge < -0.3 is 15.4 Å². The number of likely N-dealkylation sites (tertiary alicyclic amines) is 1. The van der Waals surface area contributed by atoms with Gasteiger partial charge in [0.1, 0.15) is 0 Å². The van der Waals surface area contributed by atoms with Gasteiger partial charge in [0.2, 0.25) is 0 Å². The lowest BCUT2D eigenvalue weighted by Gasteiger charge is -2.45. The van der Waals surface area contributed by atoms with Gasteiger partial charge in [0, 0.05) is 13.1 Å². The van der Waals surface area contributed by atoms with Crippen LogP contribution in [0, 0.1) is 0 Å². The Bertz CT molecular complexity index is 196. The van der Waals surface area contributed by atoms with Crippen LogP contribution in [0.4, 0.5) is 0 Å². The van der Waals surface area contributed by atoms with Crippen molar-refractivity contribution in [2.24, 2.45) is 5.73 Å². The van der Waals surface area contributed by atoms with Crippen molar-refractivity contribution in [2.45, 2.75) is 50.2 Å². The molecule has 1 aliphatic carbocycles. The molecule has 1 heterocycles. The van der Waals surface area contributed by atoms with E-state index in [4.69, 9.17) is 10.5 Å². The molecule has 0 aromatic rings. The lowest BCUT2D eigenvalue weighted by molar-refractivity contribution is -0.153. The highest BCUT2D eigenvalue weighted by molar-refractivity contribution is 4.91. The largest absolute Gasteiger partial charge is 0.372 e. The highest BCUT2D eigenvalue weighted by Crippen LogP contribution is 2.40. The molecule has 15 heavy (non-hydrogen) atoms. The Hall–Kier alpha value is -0.120. The molecular formula is C12H24N2O. The fourth-order valence-electron chi connectivity index (χ4n) is 2.72. The third kappa shape index (κ3) is 2.71. The van der Waals surface area contributed by atoms with Crippen LogP contribution >= 0.6 is 0 Å². The standard InChI is InChI=1S/C12H24N2O/c1-14-9-3-11(4-10-14)15-12(7-8-13)5-2-6-12/h11H,2-10,13H2,1H3. The number of nitrogens with zero attached hydrogens (tertiary/aromatic N) is 1. The number of hydrogen-bond acceptors (Lipinski definition) is 3. The Balaban J connectivity index is 1.79. The Morgan fingerprint density at radius 3 is 2.47 bits per heavy atom. The second-order valence-electron chi connectivity index (χ2n) is 5.20. The van der Waals surface area contributed by atoms with Gasteiger partial charge in [0.25, 0.3) is 0 Å². The Morgan fingerprint density at radius 1 is 1.33 bits per heavy atom. The predicted molar refractivity (Wildman–Crippen MR) is 61.9 cm³/mol. The summed E-state index contributed by atoms with van der Waals surface area (Å²) in [5.41, 5.74) is 5.84. The van der Waals surface area contributed by atoms with Crippen molar-refractivity contribution in [1.82, 2.24) is 4.90 Å². The van der Waals surface area contributed by atoms with Gasteiger partial charge in [0.05, 0.1) is 11.7 Å². The zero-order chi connectivity index (χ0) is 10.7. The molecule has 0 amide bonds. The summed E-state index contributed by atoms with van der Waals surface area (Å²) in [5, 5.41) is 0. The van der Waals surface area contributed by atoms with Gasteiger partial charge in [-0.05, 0) is 52.1 Å². The molecule has 0 bridgehead atoms. The summed E-state index contributed by atoms with van der Waals surface area (Å²) < 4.78 is 6.30. The van der Waals surface area contributed by atoms with E-state index in [-0.39, 0.29) is 5.60 Å². The predicted octanol–water partition coefficient (Wildman–Crippen LogP) is 1.37. The van der Waals surface area contributed by atoms with E-state index < -0.39 is 0 Å². The maximum atomic E-state index is 6.30. The summed E-state index contributed by atoms with van der Waals surface area (Å²) in [5.74, 6) is 0. The van der Waals surface area contributed by atoms with E-state index >= 15 is 0 Å². The Morgan fingerprint density at radius 2 is 2.00 bits per heavy atom. The third-order valence-electron chi connectivity index (χ3n) is 3.95. The molecule has 2 N–H and O–H groups in total. The van der Waals surface area contributed by atoms with Gasteiger partial charge in [-0.3, -0.25) is 0 Å². The van der Waals surface area contributed by atoms with Crippen LogP contribution in [0.25, 0.3) is 0 Å². The summed E-state index contributed by atoms with van der Waals surface area (Å²) in [6, 6.07) is 0. The molecule has 0 aromatic carbocycles. The summed E-state index contributed by atoms with van der Waals surface area (Å²) in [4.78, 5) is 2.39.